The van der Waals surface area contributed by atoms with Gasteiger partial charge in [-0.2, -0.15) is 21.0 Å². The van der Waals surface area contributed by atoms with Crippen LogP contribution in [0.2, 0.25) is 0 Å². The van der Waals surface area contributed by atoms with Crippen molar-refractivity contribution < 1.29 is 0 Å². The van der Waals surface area contributed by atoms with Crippen molar-refractivity contribution in [2.24, 2.45) is 0 Å². The zero-order chi connectivity index (χ0) is 97.8. The van der Waals surface area contributed by atoms with Crippen LogP contribution in [0.3, 0.4) is 0 Å². The van der Waals surface area contributed by atoms with Gasteiger partial charge in [0.25, 0.3) is 0 Å². The van der Waals surface area contributed by atoms with Gasteiger partial charge in [-0.05, 0) is 205 Å². The fraction of sp³-hybridized carbons (Fsp3) is 0. The molecule has 0 aliphatic carbocycles. The Kier molecular flexibility index (Phi) is 18.1. The zero-order valence-electron chi connectivity index (χ0n) is 79.1. The highest BCUT2D eigenvalue weighted by molar-refractivity contribution is 6.19. The second-order valence-electron chi connectivity index (χ2n) is 38.2. The summed E-state index contributed by atoms with van der Waals surface area (Å²) >= 11 is 0. The molecule has 0 bridgehead atoms. The van der Waals surface area contributed by atoms with Crippen molar-refractivity contribution in [3.8, 4) is 126 Å². The summed E-state index contributed by atoms with van der Waals surface area (Å²) in [5, 5.41) is 62.7. The molecule has 30 aromatic rings. The normalized spacial score (nSPS) is 11.9. The third kappa shape index (κ3) is 12.1. The molecule has 0 aliphatic rings. The summed E-state index contributed by atoms with van der Waals surface area (Å²) < 4.78 is 18.7. The number of aromatic nitrogens is 10. The number of nitriles is 4. The van der Waals surface area contributed by atoms with Crippen LogP contribution in [-0.2, 0) is 0 Å². The van der Waals surface area contributed by atoms with E-state index in [9.17, 15) is 21.0 Å². The highest BCUT2D eigenvalue weighted by atomic mass is 15.2. The van der Waals surface area contributed by atoms with Crippen LogP contribution in [-0.4, -0.2) is 46.5 Å². The van der Waals surface area contributed by atoms with Crippen molar-refractivity contribution >= 4 is 174 Å². The van der Waals surface area contributed by atoms with Gasteiger partial charge in [-0.15, -0.1) is 0 Å². The summed E-state index contributed by atoms with van der Waals surface area (Å²) in [4.78, 5) is 12.9. The monoisotopic (exact) mass is 1880 g/mol. The minimum atomic E-state index is 0.441. The van der Waals surface area contributed by atoms with E-state index < -0.39 is 0 Å². The van der Waals surface area contributed by atoms with E-state index in [1.54, 1.807) is 0 Å². The lowest BCUT2D eigenvalue weighted by Crippen LogP contribution is -2.10. The van der Waals surface area contributed by atoms with Gasteiger partial charge in [0.05, 0.1) is 180 Å². The van der Waals surface area contributed by atoms with Crippen LogP contribution in [0.4, 0.5) is 0 Å². The number of hydrogen-bond acceptors (Lipinski definition) is 6. The van der Waals surface area contributed by atoms with Crippen molar-refractivity contribution in [3.05, 3.63) is 483 Å². The minimum absolute atomic E-state index is 0.441. The van der Waals surface area contributed by atoms with E-state index in [2.05, 4.69) is 473 Å². The molecule has 0 aliphatic heterocycles. The molecule has 20 aromatic carbocycles. The predicted molar refractivity (Wildman–Crippen MR) is 603 cm³/mol. The molecular formula is C134H76N14. The van der Waals surface area contributed by atoms with Crippen LogP contribution in [0, 0.1) is 45.3 Å². The molecule has 0 unspecified atom stereocenters. The van der Waals surface area contributed by atoms with Gasteiger partial charge in [0, 0.05) is 120 Å². The number of para-hydroxylation sites is 14. The van der Waals surface area contributed by atoms with Gasteiger partial charge in [0.1, 0.15) is 11.6 Å². The number of pyridine rings is 2. The lowest BCUT2D eigenvalue weighted by Gasteiger charge is -2.23. The van der Waals surface area contributed by atoms with Crippen molar-refractivity contribution in [2.75, 3.05) is 0 Å². The van der Waals surface area contributed by atoms with E-state index in [0.29, 0.717) is 50.8 Å². The maximum Gasteiger partial charge on any atom is 0.148 e. The lowest BCUT2D eigenvalue weighted by atomic mass is 9.95. The number of hydrogen-bond donors (Lipinski definition) is 0. The fourth-order valence-electron chi connectivity index (χ4n) is 24.3. The Bertz CT molecular complexity index is 11000. The average molecular weight is 1880 g/mol. The molecule has 10 heterocycles. The quantitative estimate of drug-likeness (QED) is 0.112. The van der Waals surface area contributed by atoms with Crippen LogP contribution in [0.5, 0.6) is 0 Å². The van der Waals surface area contributed by atoms with Crippen molar-refractivity contribution in [3.63, 3.8) is 0 Å². The van der Waals surface area contributed by atoms with Crippen molar-refractivity contribution in [1.82, 2.24) is 46.5 Å². The van der Waals surface area contributed by atoms with Crippen LogP contribution >= 0.6 is 0 Å². The number of fused-ring (bicyclic) bond motifs is 24. The van der Waals surface area contributed by atoms with Gasteiger partial charge in [-0.3, -0.25) is 9.13 Å². The maximum atomic E-state index is 11.6. The van der Waals surface area contributed by atoms with Gasteiger partial charge in [-0.25, -0.2) is 9.97 Å². The third-order valence-electron chi connectivity index (χ3n) is 30.6. The Morgan fingerprint density at radius 1 is 0.142 bits per heavy atom. The Hall–Kier alpha value is -20.9. The van der Waals surface area contributed by atoms with Gasteiger partial charge < -0.3 is 27.4 Å². The summed E-state index contributed by atoms with van der Waals surface area (Å²) in [6.07, 6.45) is 0. The molecule has 0 spiro atoms. The van der Waals surface area contributed by atoms with Crippen molar-refractivity contribution in [1.29, 1.82) is 21.0 Å². The second kappa shape index (κ2) is 32.3. The predicted octanol–water partition coefficient (Wildman–Crippen LogP) is 33.1. The average Bonchev–Trinajstić information content (AvgIpc) is 1.54. The summed E-state index contributed by atoms with van der Waals surface area (Å²) in [6.45, 7) is 0. The van der Waals surface area contributed by atoms with Crippen LogP contribution in [0.1, 0.15) is 22.3 Å². The first-order valence-corrected chi connectivity index (χ1v) is 49.6. The summed E-state index contributed by atoms with van der Waals surface area (Å²) in [5.41, 5.74) is 29.7. The van der Waals surface area contributed by atoms with Crippen LogP contribution in [0.15, 0.2) is 461 Å². The molecule has 0 saturated heterocycles. The topological polar surface area (TPSA) is 160 Å². The standard InChI is InChI=1S/C134H76N14/c135-77-81-57-63-123(141-109-43-15-1-29-87(109)88-30-2-16-44-110(88)141)101(69-81)105-75-106(102-70-82(78-136)58-64-124(102)142-111-45-17-3-31-89(111)90-32-4-18-46-112(90)142)134(140-133(105)147-120-54-26-11-39-97(120)98-40-12-27-55-121(98)147)148-122-56-28-14-42-100(122)104-74-86(62-68-126(104)148)85-61-67-125-103(73-85)99-41-13-25-53-119(99)144(125)128-66-60-84(80-138)72-108(128)132-130(146-117-51-23-9-37-95(117)96-38-10-24-52-118(96)146)76-129(145-115-49-21-7-35-93(115)94-36-8-22-50-116(94)145)131(139-132)107-71-83(79-137)59-65-127(107)143-113-47-19-5-33-91(113)92-34-6-20-48-114(92)143/h1-76H. The molecule has 30 rings (SSSR count). The Morgan fingerprint density at radius 3 is 0.568 bits per heavy atom. The Morgan fingerprint density at radius 2 is 0.331 bits per heavy atom. The van der Waals surface area contributed by atoms with Crippen molar-refractivity contribution in [2.45, 2.75) is 0 Å². The highest BCUT2D eigenvalue weighted by Gasteiger charge is 2.34. The molecule has 10 aromatic heterocycles. The first-order valence-electron chi connectivity index (χ1n) is 49.6. The zero-order valence-corrected chi connectivity index (χ0v) is 79.1. The van der Waals surface area contributed by atoms with E-state index in [-0.39, 0.29) is 0 Å². The lowest BCUT2D eigenvalue weighted by molar-refractivity contribution is 1.02. The maximum absolute atomic E-state index is 11.6. The van der Waals surface area contributed by atoms with Gasteiger partial charge in [0.15, 0.2) is 0 Å². The van der Waals surface area contributed by atoms with Crippen LogP contribution in [0.25, 0.3) is 276 Å². The molecule has 0 saturated carbocycles. The molecular weight excluding hydrogens is 1810 g/mol. The summed E-state index contributed by atoms with van der Waals surface area (Å²) in [7, 11) is 0. The molecule has 0 radical (unpaired) electrons. The van der Waals surface area contributed by atoms with E-state index in [4.69, 9.17) is 9.97 Å². The van der Waals surface area contributed by atoms with E-state index in [1.807, 2.05) is 48.5 Å². The largest absolute Gasteiger partial charge is 0.309 e. The Labute approximate surface area is 845 Å². The first kappa shape index (κ1) is 82.9. The second-order valence-corrected chi connectivity index (χ2v) is 38.2. The molecule has 0 fully saturated rings. The van der Waals surface area contributed by atoms with Gasteiger partial charge >= 0.3 is 0 Å². The molecule has 148 heavy (non-hydrogen) atoms. The number of rotatable bonds is 13. The summed E-state index contributed by atoms with van der Waals surface area (Å²) in [6, 6.07) is 173. The first-order chi connectivity index (χ1) is 73.3. The third-order valence-corrected chi connectivity index (χ3v) is 30.6. The molecule has 0 N–H and O–H groups in total. The molecule has 682 valence electrons. The molecule has 0 atom stereocenters. The smallest absolute Gasteiger partial charge is 0.148 e. The van der Waals surface area contributed by atoms with E-state index in [1.165, 1.54) is 0 Å². The Balaban J connectivity index is 0.667. The van der Waals surface area contributed by atoms with Crippen LogP contribution < -0.4 is 0 Å². The van der Waals surface area contributed by atoms with E-state index in [0.717, 1.165) is 248 Å². The minimum Gasteiger partial charge on any atom is -0.309 e. The molecule has 14 heteroatoms. The SMILES string of the molecule is N#Cc1ccc(-n2c3ccccc3c3ccccc32)c(-c2cc(-c3cc(C#N)ccc3-n3c4ccccc4c4ccccc43)c(-n3c4ccccc4c4cc(-c5ccc6c(c5)c5ccccc5n6-c5ccc(C#N)cc5-c5nc(-c6cc(C#N)ccc6-n6c7ccccc7c7ccccc76)c(-n6c7ccccc7c7ccccc76)cc5-n5c6ccccc6c6ccccc65)ccc43)nc2-n2c3ccccc3c3ccccc32)c1. The highest BCUT2D eigenvalue weighted by Crippen LogP contribution is 2.52. The molecule has 0 amide bonds. The van der Waals surface area contributed by atoms with E-state index >= 15 is 0 Å². The molecule has 14 nitrogen and oxygen atoms in total. The van der Waals surface area contributed by atoms with Gasteiger partial charge in [-0.1, -0.05) is 267 Å². The summed E-state index contributed by atoms with van der Waals surface area (Å²) in [5.74, 6) is 1.23. The number of nitrogens with zero attached hydrogens (tertiary/aromatic N) is 14. The van der Waals surface area contributed by atoms with Gasteiger partial charge in [0.2, 0.25) is 0 Å². The number of benzene rings is 20. The fourth-order valence-corrected chi connectivity index (χ4v) is 24.3.